The molecule has 3 N–H and O–H groups in total. The lowest BCUT2D eigenvalue weighted by Crippen LogP contribution is -2.09. The van der Waals surface area contributed by atoms with Crippen molar-refractivity contribution in [1.29, 1.82) is 0 Å². The number of hydrogen-bond acceptors (Lipinski definition) is 2. The Balaban J connectivity index is 2.14. The van der Waals surface area contributed by atoms with Gasteiger partial charge in [-0.3, -0.25) is 0 Å². The van der Waals surface area contributed by atoms with Crippen molar-refractivity contribution in [2.75, 3.05) is 11.1 Å². The zero-order chi connectivity index (χ0) is 14.8. The summed E-state index contributed by atoms with van der Waals surface area (Å²) in [5.74, 6) is -1.29. The highest BCUT2D eigenvalue weighted by molar-refractivity contribution is 5.48. The van der Waals surface area contributed by atoms with Crippen LogP contribution in [0.5, 0.6) is 0 Å². The molecule has 2 aromatic carbocycles. The van der Waals surface area contributed by atoms with Gasteiger partial charge in [0.15, 0.2) is 0 Å². The monoisotopic (exact) mass is 284 g/mol. The van der Waals surface area contributed by atoms with E-state index in [-0.39, 0.29) is 5.69 Å². The third-order valence-corrected chi connectivity index (χ3v) is 2.72. The van der Waals surface area contributed by atoms with Gasteiger partial charge in [0.05, 0.1) is 5.56 Å². The highest BCUT2D eigenvalue weighted by atomic mass is 19.4. The average molecular weight is 284 g/mol. The van der Waals surface area contributed by atoms with Gasteiger partial charge in [0.2, 0.25) is 0 Å². The first kappa shape index (κ1) is 14.2. The molecule has 0 saturated heterocycles. The number of hydrogen-bond donors (Lipinski definition) is 2. The lowest BCUT2D eigenvalue weighted by Gasteiger charge is -2.12. The Hall–Kier alpha value is -2.24. The predicted molar refractivity (Wildman–Crippen MR) is 69.6 cm³/mol. The molecule has 0 fully saturated rings. The quantitative estimate of drug-likeness (QED) is 0.659. The molecule has 0 unspecified atom stereocenters. The molecule has 0 radical (unpaired) electrons. The molecule has 20 heavy (non-hydrogen) atoms. The summed E-state index contributed by atoms with van der Waals surface area (Å²) in [7, 11) is 0. The lowest BCUT2D eigenvalue weighted by molar-refractivity contribution is -0.139. The van der Waals surface area contributed by atoms with Crippen LogP contribution in [0.1, 0.15) is 11.1 Å². The van der Waals surface area contributed by atoms with E-state index in [0.717, 1.165) is 17.7 Å². The zero-order valence-electron chi connectivity index (χ0n) is 10.3. The van der Waals surface area contributed by atoms with E-state index in [1.807, 2.05) is 0 Å². The number of rotatable bonds is 3. The minimum atomic E-state index is -4.71. The number of anilines is 2. The largest absolute Gasteiger partial charge is 0.419 e. The molecule has 0 atom stereocenters. The van der Waals surface area contributed by atoms with Crippen LogP contribution < -0.4 is 11.1 Å². The second-order valence-corrected chi connectivity index (χ2v) is 4.29. The van der Waals surface area contributed by atoms with Gasteiger partial charge in [0, 0.05) is 17.9 Å². The second kappa shape index (κ2) is 5.40. The second-order valence-electron chi connectivity index (χ2n) is 4.29. The SMILES string of the molecule is Nc1cccc(CNc2ccc(F)c(C(F)(F)F)c2)c1. The van der Waals surface area contributed by atoms with E-state index in [0.29, 0.717) is 12.2 Å². The first-order chi connectivity index (χ1) is 9.36. The predicted octanol–water partition coefficient (Wildman–Crippen LogP) is 4.04. The van der Waals surface area contributed by atoms with Crippen molar-refractivity contribution in [2.45, 2.75) is 12.7 Å². The van der Waals surface area contributed by atoms with E-state index >= 15 is 0 Å². The summed E-state index contributed by atoms with van der Waals surface area (Å²) in [6, 6.07) is 9.77. The molecule has 0 aliphatic carbocycles. The summed E-state index contributed by atoms with van der Waals surface area (Å²) in [5.41, 5.74) is 5.91. The van der Waals surface area contributed by atoms with Gasteiger partial charge in [0.25, 0.3) is 0 Å². The molecule has 0 heterocycles. The first-order valence-corrected chi connectivity index (χ1v) is 5.81. The maximum atomic E-state index is 13.1. The number of alkyl halides is 3. The third-order valence-electron chi connectivity index (χ3n) is 2.72. The van der Waals surface area contributed by atoms with Gasteiger partial charge in [-0.2, -0.15) is 13.2 Å². The Morgan fingerprint density at radius 3 is 2.45 bits per heavy atom. The van der Waals surface area contributed by atoms with Crippen LogP contribution in [0.3, 0.4) is 0 Å². The first-order valence-electron chi connectivity index (χ1n) is 5.81. The summed E-state index contributed by atoms with van der Waals surface area (Å²) in [6.07, 6.45) is -4.71. The Labute approximate surface area is 113 Å². The van der Waals surface area contributed by atoms with Gasteiger partial charge < -0.3 is 11.1 Å². The Morgan fingerprint density at radius 2 is 1.80 bits per heavy atom. The minimum absolute atomic E-state index is 0.196. The number of nitrogen functional groups attached to an aromatic ring is 1. The maximum Gasteiger partial charge on any atom is 0.419 e. The topological polar surface area (TPSA) is 38.0 Å². The van der Waals surface area contributed by atoms with Crippen LogP contribution in [0.15, 0.2) is 42.5 Å². The molecule has 0 amide bonds. The van der Waals surface area contributed by atoms with E-state index in [2.05, 4.69) is 5.32 Å². The Morgan fingerprint density at radius 1 is 1.05 bits per heavy atom. The van der Waals surface area contributed by atoms with Crippen LogP contribution in [0, 0.1) is 5.82 Å². The molecule has 0 aliphatic heterocycles. The molecule has 106 valence electrons. The fraction of sp³-hybridized carbons (Fsp3) is 0.143. The van der Waals surface area contributed by atoms with E-state index in [9.17, 15) is 17.6 Å². The average Bonchev–Trinajstić information content (AvgIpc) is 2.36. The van der Waals surface area contributed by atoms with Crippen molar-refractivity contribution in [2.24, 2.45) is 0 Å². The van der Waals surface area contributed by atoms with Gasteiger partial charge in [-0.05, 0) is 35.9 Å². The normalized spacial score (nSPS) is 11.4. The van der Waals surface area contributed by atoms with Crippen LogP contribution in [-0.2, 0) is 12.7 Å². The summed E-state index contributed by atoms with van der Waals surface area (Å²) in [6.45, 7) is 0.300. The van der Waals surface area contributed by atoms with E-state index in [1.54, 1.807) is 24.3 Å². The molecule has 0 saturated carbocycles. The summed E-state index contributed by atoms with van der Waals surface area (Å²) >= 11 is 0. The van der Waals surface area contributed by atoms with Crippen LogP contribution in [0.4, 0.5) is 28.9 Å². The minimum Gasteiger partial charge on any atom is -0.399 e. The summed E-state index contributed by atoms with van der Waals surface area (Å²) in [5, 5.41) is 2.81. The molecule has 0 bridgehead atoms. The van der Waals surface area contributed by atoms with Gasteiger partial charge in [0.1, 0.15) is 5.82 Å². The standard InChI is InChI=1S/C14H12F4N2/c15-13-5-4-11(7-12(13)14(16,17)18)20-8-9-2-1-3-10(19)6-9/h1-7,20H,8,19H2. The lowest BCUT2D eigenvalue weighted by atomic mass is 10.1. The van der Waals surface area contributed by atoms with Crippen molar-refractivity contribution in [3.8, 4) is 0 Å². The smallest absolute Gasteiger partial charge is 0.399 e. The van der Waals surface area contributed by atoms with Crippen molar-refractivity contribution < 1.29 is 17.6 Å². The number of nitrogens with two attached hydrogens (primary N) is 1. The highest BCUT2D eigenvalue weighted by Crippen LogP contribution is 2.33. The van der Waals surface area contributed by atoms with Gasteiger partial charge in [-0.1, -0.05) is 12.1 Å². The number of halogens is 4. The fourth-order valence-corrected chi connectivity index (χ4v) is 1.76. The molecule has 0 spiro atoms. The van der Waals surface area contributed by atoms with Gasteiger partial charge in [-0.25, -0.2) is 4.39 Å². The van der Waals surface area contributed by atoms with E-state index < -0.39 is 17.6 Å². The highest BCUT2D eigenvalue weighted by Gasteiger charge is 2.34. The van der Waals surface area contributed by atoms with Gasteiger partial charge >= 0.3 is 6.18 Å². The van der Waals surface area contributed by atoms with Crippen molar-refractivity contribution in [3.05, 3.63) is 59.4 Å². The van der Waals surface area contributed by atoms with E-state index in [1.165, 1.54) is 6.07 Å². The van der Waals surface area contributed by atoms with Crippen molar-refractivity contribution in [1.82, 2.24) is 0 Å². The van der Waals surface area contributed by atoms with Gasteiger partial charge in [-0.15, -0.1) is 0 Å². The Kier molecular flexibility index (Phi) is 3.83. The fourth-order valence-electron chi connectivity index (χ4n) is 1.76. The van der Waals surface area contributed by atoms with Crippen LogP contribution >= 0.6 is 0 Å². The molecular weight excluding hydrogens is 272 g/mol. The molecule has 2 aromatic rings. The maximum absolute atomic E-state index is 13.1. The van der Waals surface area contributed by atoms with Crippen LogP contribution in [0.25, 0.3) is 0 Å². The molecule has 0 aliphatic rings. The molecule has 0 aromatic heterocycles. The van der Waals surface area contributed by atoms with Crippen molar-refractivity contribution >= 4 is 11.4 Å². The summed E-state index contributed by atoms with van der Waals surface area (Å²) in [4.78, 5) is 0. The van der Waals surface area contributed by atoms with E-state index in [4.69, 9.17) is 5.73 Å². The summed E-state index contributed by atoms with van der Waals surface area (Å²) < 4.78 is 50.8. The number of nitrogens with one attached hydrogen (secondary N) is 1. The third kappa shape index (κ3) is 3.40. The van der Waals surface area contributed by atoms with Crippen LogP contribution in [0.2, 0.25) is 0 Å². The molecular formula is C14H12F4N2. The molecule has 2 rings (SSSR count). The zero-order valence-corrected chi connectivity index (χ0v) is 10.3. The van der Waals surface area contributed by atoms with Crippen molar-refractivity contribution in [3.63, 3.8) is 0 Å². The van der Waals surface area contributed by atoms with Crippen LogP contribution in [-0.4, -0.2) is 0 Å². The number of benzene rings is 2. The molecule has 6 heteroatoms. The molecule has 2 nitrogen and oxygen atoms in total. The Bertz CT molecular complexity index is 608.